The number of halogens is 2. The van der Waals surface area contributed by atoms with Gasteiger partial charge in [-0.2, -0.15) is 5.10 Å². The predicted molar refractivity (Wildman–Crippen MR) is 140 cm³/mol. The van der Waals surface area contributed by atoms with Gasteiger partial charge in [-0.05, 0) is 76.9 Å². The Hall–Kier alpha value is -4.21. The monoisotopic (exact) mass is 497 g/mol. The first-order valence-electron chi connectivity index (χ1n) is 11.5. The molecule has 0 unspecified atom stereocenters. The molecule has 0 atom stereocenters. The van der Waals surface area contributed by atoms with Gasteiger partial charge in [0, 0.05) is 16.7 Å². The summed E-state index contributed by atoms with van der Waals surface area (Å²) in [7, 11) is 0. The lowest BCUT2D eigenvalue weighted by molar-refractivity contribution is -0.131. The number of hydrogen-bond acceptors (Lipinski definition) is 2. The van der Waals surface area contributed by atoms with Gasteiger partial charge < -0.3 is 5.11 Å². The number of hydrogen-bond donors (Lipinski definition) is 2. The third-order valence-electron chi connectivity index (χ3n) is 6.60. The van der Waals surface area contributed by atoms with Gasteiger partial charge in [-0.1, -0.05) is 48.4 Å². The zero-order valence-electron chi connectivity index (χ0n) is 19.1. The van der Waals surface area contributed by atoms with E-state index >= 15 is 4.39 Å². The summed E-state index contributed by atoms with van der Waals surface area (Å²) in [4.78, 5) is 14.7. The molecule has 0 spiro atoms. The van der Waals surface area contributed by atoms with Crippen molar-refractivity contribution >= 4 is 51.4 Å². The van der Waals surface area contributed by atoms with Crippen molar-refractivity contribution < 1.29 is 14.3 Å². The van der Waals surface area contributed by atoms with Crippen molar-refractivity contribution in [2.24, 2.45) is 5.92 Å². The minimum Gasteiger partial charge on any atom is -0.478 e. The van der Waals surface area contributed by atoms with E-state index in [2.05, 4.69) is 15.0 Å². The first-order valence-corrected chi connectivity index (χ1v) is 11.9. The third-order valence-corrected chi connectivity index (χ3v) is 6.83. The average molecular weight is 498 g/mol. The number of rotatable bonds is 6. The number of aliphatic carboxylic acids is 1. The molecule has 1 aromatic heterocycles. The summed E-state index contributed by atoms with van der Waals surface area (Å²) in [5.74, 6) is -1.26. The highest BCUT2D eigenvalue weighted by Gasteiger charge is 2.30. The molecule has 1 aliphatic rings. The minimum absolute atomic E-state index is 0.160. The third kappa shape index (κ3) is 4.41. The fourth-order valence-electron chi connectivity index (χ4n) is 4.64. The Balaban J connectivity index is 1.81. The molecule has 7 heteroatoms. The van der Waals surface area contributed by atoms with Crippen LogP contribution in [0, 0.1) is 18.3 Å². The number of aromatic amines is 1. The summed E-state index contributed by atoms with van der Waals surface area (Å²) in [6.07, 6.45) is 7.00. The van der Waals surface area contributed by atoms with Gasteiger partial charge >= 0.3 is 5.97 Å². The molecule has 178 valence electrons. The van der Waals surface area contributed by atoms with Crippen molar-refractivity contribution in [3.63, 3.8) is 0 Å². The van der Waals surface area contributed by atoms with E-state index in [1.165, 1.54) is 12.3 Å². The van der Waals surface area contributed by atoms with Crippen molar-refractivity contribution in [3.8, 4) is 0 Å². The number of aromatic nitrogens is 2. The SMILES string of the molecule is [C-]#[N+]c1cc(Cl)ccc1/C(=C(\c1ccc(/C=C/C(=O)O)cc1)c1ccc2[nH]ncc2c1F)C1CCC1. The highest BCUT2D eigenvalue weighted by atomic mass is 35.5. The van der Waals surface area contributed by atoms with Crippen molar-refractivity contribution in [1.82, 2.24) is 10.2 Å². The number of nitrogens with zero attached hydrogens (tertiary/aromatic N) is 2. The molecule has 5 nitrogen and oxygen atoms in total. The topological polar surface area (TPSA) is 70.3 Å². The second-order valence-corrected chi connectivity index (χ2v) is 9.18. The van der Waals surface area contributed by atoms with E-state index in [1.54, 1.807) is 36.4 Å². The Kier molecular flexibility index (Phi) is 6.41. The van der Waals surface area contributed by atoms with Crippen LogP contribution in [0.25, 0.3) is 33.0 Å². The molecule has 0 amide bonds. The molecule has 2 N–H and O–H groups in total. The predicted octanol–water partition coefficient (Wildman–Crippen LogP) is 7.76. The zero-order chi connectivity index (χ0) is 25.2. The molecular weight excluding hydrogens is 477 g/mol. The maximum atomic E-state index is 16.0. The van der Waals surface area contributed by atoms with E-state index in [4.69, 9.17) is 23.3 Å². The maximum Gasteiger partial charge on any atom is 0.328 e. The van der Waals surface area contributed by atoms with Gasteiger partial charge in [0.05, 0.1) is 23.7 Å². The molecule has 0 bridgehead atoms. The van der Waals surface area contributed by atoms with E-state index in [9.17, 15) is 4.79 Å². The van der Waals surface area contributed by atoms with Gasteiger partial charge in [-0.3, -0.25) is 5.10 Å². The van der Waals surface area contributed by atoms with Crippen LogP contribution in [0.3, 0.4) is 0 Å². The van der Waals surface area contributed by atoms with Crippen LogP contribution in [0.5, 0.6) is 0 Å². The fraction of sp³-hybridized carbons (Fsp3) is 0.138. The van der Waals surface area contributed by atoms with Gasteiger partial charge in [0.1, 0.15) is 5.82 Å². The molecular formula is C29H21ClFN3O2. The minimum atomic E-state index is -1.03. The van der Waals surface area contributed by atoms with Gasteiger partial charge in [0.15, 0.2) is 5.69 Å². The van der Waals surface area contributed by atoms with Crippen LogP contribution in [0.1, 0.15) is 41.5 Å². The zero-order valence-corrected chi connectivity index (χ0v) is 19.9. The van der Waals surface area contributed by atoms with Crippen LogP contribution in [0.4, 0.5) is 10.1 Å². The largest absolute Gasteiger partial charge is 0.478 e. The summed E-state index contributed by atoms with van der Waals surface area (Å²) in [6, 6.07) is 16.1. The highest BCUT2D eigenvalue weighted by molar-refractivity contribution is 6.31. The number of carboxylic acids is 1. The summed E-state index contributed by atoms with van der Waals surface area (Å²) in [5.41, 5.74) is 5.31. The number of nitrogens with one attached hydrogen (secondary N) is 1. The first kappa shape index (κ1) is 23.5. The van der Waals surface area contributed by atoms with E-state index in [-0.39, 0.29) is 11.7 Å². The normalized spacial score (nSPS) is 14.5. The van der Waals surface area contributed by atoms with E-state index in [0.717, 1.165) is 42.0 Å². The molecule has 5 rings (SSSR count). The Bertz CT molecular complexity index is 1570. The average Bonchev–Trinajstić information content (AvgIpc) is 3.33. The molecule has 4 aromatic rings. The Morgan fingerprint density at radius 1 is 1.14 bits per heavy atom. The molecule has 3 aromatic carbocycles. The van der Waals surface area contributed by atoms with Crippen LogP contribution in [0.2, 0.25) is 5.02 Å². The summed E-state index contributed by atoms with van der Waals surface area (Å²) in [5, 5.41) is 16.6. The second kappa shape index (κ2) is 9.80. The lowest BCUT2D eigenvalue weighted by Gasteiger charge is -2.32. The number of carbonyl (C=O) groups is 1. The van der Waals surface area contributed by atoms with Gasteiger partial charge in [-0.15, -0.1) is 0 Å². The summed E-state index contributed by atoms with van der Waals surface area (Å²) >= 11 is 6.21. The number of carboxylic acid groups (broad SMARTS) is 1. The van der Waals surface area contributed by atoms with Crippen molar-refractivity contribution in [1.29, 1.82) is 0 Å². The molecule has 0 aliphatic heterocycles. The van der Waals surface area contributed by atoms with Gasteiger partial charge in [0.25, 0.3) is 0 Å². The smallest absolute Gasteiger partial charge is 0.328 e. The molecule has 1 aliphatic carbocycles. The quantitative estimate of drug-likeness (QED) is 0.162. The van der Waals surface area contributed by atoms with Crippen LogP contribution < -0.4 is 0 Å². The Morgan fingerprint density at radius 3 is 2.56 bits per heavy atom. The van der Waals surface area contributed by atoms with Gasteiger partial charge in [0.2, 0.25) is 0 Å². The first-order chi connectivity index (χ1) is 17.5. The van der Waals surface area contributed by atoms with E-state index in [0.29, 0.717) is 38.3 Å². The van der Waals surface area contributed by atoms with E-state index in [1.807, 2.05) is 18.2 Å². The molecule has 1 saturated carbocycles. The van der Waals surface area contributed by atoms with Crippen LogP contribution >= 0.6 is 11.6 Å². The number of fused-ring (bicyclic) bond motifs is 1. The molecule has 1 fully saturated rings. The van der Waals surface area contributed by atoms with E-state index < -0.39 is 5.97 Å². The van der Waals surface area contributed by atoms with Crippen molar-refractivity contribution in [2.75, 3.05) is 0 Å². The summed E-state index contributed by atoms with van der Waals surface area (Å²) in [6.45, 7) is 7.78. The number of allylic oxidation sites excluding steroid dienone is 1. The number of benzene rings is 3. The lowest BCUT2D eigenvalue weighted by atomic mass is 9.72. The Labute approximate surface area is 212 Å². The Morgan fingerprint density at radius 2 is 1.89 bits per heavy atom. The van der Waals surface area contributed by atoms with Crippen molar-refractivity contribution in [2.45, 2.75) is 19.3 Å². The fourth-order valence-corrected chi connectivity index (χ4v) is 4.81. The lowest BCUT2D eigenvalue weighted by Crippen LogP contribution is -2.15. The highest BCUT2D eigenvalue weighted by Crippen LogP contribution is 2.48. The number of H-pyrrole nitrogens is 1. The standard InChI is InChI=1S/C29H21ClFN3O2/c1-32-25-15-20(30)10-11-21(25)27(18-3-2-4-18)28(19-8-5-17(6-9-19)7-14-26(35)36)22-12-13-24-23(29(22)31)16-33-34-24/h5-16,18H,2-4H2,(H,33,34)(H,35,36)/b14-7+,28-27+. The maximum absolute atomic E-state index is 16.0. The molecule has 0 saturated heterocycles. The van der Waals surface area contributed by atoms with Crippen molar-refractivity contribution in [3.05, 3.63) is 111 Å². The molecule has 1 heterocycles. The van der Waals surface area contributed by atoms with Crippen LogP contribution in [-0.4, -0.2) is 21.3 Å². The molecule has 0 radical (unpaired) electrons. The van der Waals surface area contributed by atoms with Crippen LogP contribution in [0.15, 0.2) is 66.9 Å². The summed E-state index contributed by atoms with van der Waals surface area (Å²) < 4.78 is 16.0. The van der Waals surface area contributed by atoms with Gasteiger partial charge in [-0.25, -0.2) is 14.0 Å². The second-order valence-electron chi connectivity index (χ2n) is 8.74. The van der Waals surface area contributed by atoms with Crippen LogP contribution in [-0.2, 0) is 4.79 Å². The molecule has 36 heavy (non-hydrogen) atoms.